The Labute approximate surface area is 114 Å². The van der Waals surface area contributed by atoms with Crippen LogP contribution in [0, 0.1) is 5.92 Å². The van der Waals surface area contributed by atoms with E-state index in [2.05, 4.69) is 9.78 Å². The maximum atomic E-state index is 12.2. The normalized spacial score (nSPS) is 21.7. The van der Waals surface area contributed by atoms with E-state index < -0.39 is 0 Å². The minimum Gasteiger partial charge on any atom is -0.373 e. The van der Waals surface area contributed by atoms with Gasteiger partial charge in [-0.1, -0.05) is 12.8 Å². The topological polar surface area (TPSA) is 44.1 Å². The molecule has 1 unspecified atom stereocenters. The summed E-state index contributed by atoms with van der Waals surface area (Å²) in [5, 5.41) is 4.57. The molecule has 2 saturated carbocycles. The van der Waals surface area contributed by atoms with Crippen molar-refractivity contribution in [3.05, 3.63) is 18.0 Å². The van der Waals surface area contributed by atoms with Gasteiger partial charge in [0.05, 0.1) is 18.2 Å². The van der Waals surface area contributed by atoms with Gasteiger partial charge in [0.25, 0.3) is 0 Å². The predicted molar refractivity (Wildman–Crippen MR) is 72.0 cm³/mol. The standard InChI is InChI=1S/C15H22N2O2/c1-19-15(11-6-7-11)14(18)10-12-8-9-17(16-12)13-4-2-3-5-13/h8-9,11,13,15H,2-7,10H2,1H3. The zero-order valence-corrected chi connectivity index (χ0v) is 11.5. The van der Waals surface area contributed by atoms with Gasteiger partial charge in [0.1, 0.15) is 6.10 Å². The van der Waals surface area contributed by atoms with Gasteiger partial charge in [-0.15, -0.1) is 0 Å². The van der Waals surface area contributed by atoms with Crippen LogP contribution in [0.3, 0.4) is 0 Å². The highest BCUT2D eigenvalue weighted by atomic mass is 16.5. The van der Waals surface area contributed by atoms with Gasteiger partial charge >= 0.3 is 0 Å². The second kappa shape index (κ2) is 5.45. The van der Waals surface area contributed by atoms with E-state index in [4.69, 9.17) is 4.74 Å². The largest absolute Gasteiger partial charge is 0.373 e. The van der Waals surface area contributed by atoms with Gasteiger partial charge in [0.2, 0.25) is 0 Å². The second-order valence-corrected chi connectivity index (χ2v) is 5.86. The molecule has 2 aliphatic rings. The van der Waals surface area contributed by atoms with E-state index in [-0.39, 0.29) is 11.9 Å². The average Bonchev–Trinajstić information content (AvgIpc) is 2.93. The number of hydrogen-bond donors (Lipinski definition) is 0. The van der Waals surface area contributed by atoms with Crippen LogP contribution in [0.25, 0.3) is 0 Å². The first-order valence-electron chi connectivity index (χ1n) is 7.37. The van der Waals surface area contributed by atoms with E-state index in [1.165, 1.54) is 25.7 Å². The molecule has 19 heavy (non-hydrogen) atoms. The van der Waals surface area contributed by atoms with E-state index in [0.717, 1.165) is 18.5 Å². The van der Waals surface area contributed by atoms with Crippen molar-refractivity contribution in [1.29, 1.82) is 0 Å². The SMILES string of the molecule is COC(C(=O)Cc1ccn(C2CCCC2)n1)C1CC1. The molecule has 3 rings (SSSR count). The Morgan fingerprint density at radius 1 is 1.42 bits per heavy atom. The molecule has 4 nitrogen and oxygen atoms in total. The Balaban J connectivity index is 1.61. The lowest BCUT2D eigenvalue weighted by Gasteiger charge is -2.12. The molecule has 0 radical (unpaired) electrons. The van der Waals surface area contributed by atoms with Gasteiger partial charge in [-0.3, -0.25) is 9.48 Å². The monoisotopic (exact) mass is 262 g/mol. The molecule has 0 N–H and O–H groups in total. The van der Waals surface area contributed by atoms with Crippen LogP contribution >= 0.6 is 0 Å². The number of hydrogen-bond acceptors (Lipinski definition) is 3. The molecule has 1 atom stereocenters. The summed E-state index contributed by atoms with van der Waals surface area (Å²) in [5.74, 6) is 0.635. The third-order valence-electron chi connectivity index (χ3n) is 4.34. The molecule has 4 heteroatoms. The summed E-state index contributed by atoms with van der Waals surface area (Å²) in [6.45, 7) is 0. The molecule has 0 aliphatic heterocycles. The minimum absolute atomic E-state index is 0.182. The van der Waals surface area contributed by atoms with Crippen molar-refractivity contribution in [1.82, 2.24) is 9.78 Å². The van der Waals surface area contributed by atoms with Gasteiger partial charge < -0.3 is 4.74 Å². The summed E-state index contributed by atoms with van der Waals surface area (Å²) in [6, 6.07) is 2.53. The molecule has 104 valence electrons. The fraction of sp³-hybridized carbons (Fsp3) is 0.733. The maximum Gasteiger partial charge on any atom is 0.167 e. The number of methoxy groups -OCH3 is 1. The van der Waals surface area contributed by atoms with Crippen LogP contribution in [0.2, 0.25) is 0 Å². The number of aromatic nitrogens is 2. The molecule has 1 heterocycles. The summed E-state index contributed by atoms with van der Waals surface area (Å²) in [6.07, 6.45) is 9.51. The molecule has 0 amide bonds. The van der Waals surface area contributed by atoms with E-state index in [9.17, 15) is 4.79 Å². The number of ketones is 1. The number of ether oxygens (including phenoxy) is 1. The van der Waals surface area contributed by atoms with Gasteiger partial charge in [-0.25, -0.2) is 0 Å². The lowest BCUT2D eigenvalue weighted by atomic mass is 10.1. The Bertz CT molecular complexity index is 445. The van der Waals surface area contributed by atoms with Gasteiger partial charge in [-0.2, -0.15) is 5.10 Å². The first kappa shape index (κ1) is 12.9. The van der Waals surface area contributed by atoms with Crippen molar-refractivity contribution in [3.8, 4) is 0 Å². The van der Waals surface area contributed by atoms with E-state index >= 15 is 0 Å². The van der Waals surface area contributed by atoms with Crippen molar-refractivity contribution in [2.75, 3.05) is 7.11 Å². The quantitative estimate of drug-likeness (QED) is 0.791. The zero-order valence-electron chi connectivity index (χ0n) is 11.5. The van der Waals surface area contributed by atoms with Crippen LogP contribution in [-0.4, -0.2) is 28.8 Å². The summed E-state index contributed by atoms with van der Waals surface area (Å²) < 4.78 is 7.38. The van der Waals surface area contributed by atoms with Gasteiger partial charge in [0.15, 0.2) is 5.78 Å². The molecule has 2 aliphatic carbocycles. The van der Waals surface area contributed by atoms with Crippen LogP contribution in [-0.2, 0) is 16.0 Å². The number of carbonyl (C=O) groups is 1. The van der Waals surface area contributed by atoms with Crippen molar-refractivity contribution >= 4 is 5.78 Å². The van der Waals surface area contributed by atoms with E-state index in [1.807, 2.05) is 12.3 Å². The molecule has 2 fully saturated rings. The molecule has 1 aromatic rings. The molecule has 0 saturated heterocycles. The second-order valence-electron chi connectivity index (χ2n) is 5.86. The lowest BCUT2D eigenvalue weighted by Crippen LogP contribution is -2.27. The Morgan fingerprint density at radius 2 is 2.16 bits per heavy atom. The Hall–Kier alpha value is -1.16. The maximum absolute atomic E-state index is 12.2. The average molecular weight is 262 g/mol. The zero-order chi connectivity index (χ0) is 13.2. The lowest BCUT2D eigenvalue weighted by molar-refractivity contribution is -0.129. The number of nitrogens with zero attached hydrogens (tertiary/aromatic N) is 2. The first-order chi connectivity index (χ1) is 9.28. The first-order valence-corrected chi connectivity index (χ1v) is 7.37. The summed E-state index contributed by atoms with van der Waals surface area (Å²) in [5.41, 5.74) is 0.889. The third-order valence-corrected chi connectivity index (χ3v) is 4.34. The van der Waals surface area contributed by atoms with Crippen LogP contribution in [0.5, 0.6) is 0 Å². The molecular weight excluding hydrogens is 240 g/mol. The summed E-state index contributed by atoms with van der Waals surface area (Å²) in [4.78, 5) is 12.2. The fourth-order valence-corrected chi connectivity index (χ4v) is 3.11. The van der Waals surface area contributed by atoms with Crippen molar-refractivity contribution in [3.63, 3.8) is 0 Å². The number of carbonyl (C=O) groups excluding carboxylic acids is 1. The fourth-order valence-electron chi connectivity index (χ4n) is 3.11. The molecule has 0 bridgehead atoms. The Morgan fingerprint density at radius 3 is 2.79 bits per heavy atom. The van der Waals surface area contributed by atoms with Gasteiger partial charge in [0, 0.05) is 13.3 Å². The van der Waals surface area contributed by atoms with Crippen LogP contribution < -0.4 is 0 Å². The van der Waals surface area contributed by atoms with E-state index in [1.54, 1.807) is 7.11 Å². The molecule has 0 spiro atoms. The Kier molecular flexibility index (Phi) is 3.69. The highest BCUT2D eigenvalue weighted by Crippen LogP contribution is 2.35. The molecule has 0 aromatic carbocycles. The van der Waals surface area contributed by atoms with Crippen molar-refractivity contribution in [2.45, 2.75) is 57.1 Å². The summed E-state index contributed by atoms with van der Waals surface area (Å²) >= 11 is 0. The van der Waals surface area contributed by atoms with Crippen LogP contribution in [0.1, 0.15) is 50.3 Å². The predicted octanol–water partition coefficient (Wildman–Crippen LogP) is 2.53. The smallest absolute Gasteiger partial charge is 0.167 e. The highest BCUT2D eigenvalue weighted by Gasteiger charge is 2.36. The van der Waals surface area contributed by atoms with Crippen molar-refractivity contribution in [2.24, 2.45) is 5.92 Å². The minimum atomic E-state index is -0.211. The van der Waals surface area contributed by atoms with E-state index in [0.29, 0.717) is 18.4 Å². The van der Waals surface area contributed by atoms with Crippen molar-refractivity contribution < 1.29 is 9.53 Å². The van der Waals surface area contributed by atoms with Crippen LogP contribution in [0.4, 0.5) is 0 Å². The highest BCUT2D eigenvalue weighted by molar-refractivity contribution is 5.85. The number of rotatable bonds is 6. The molecule has 1 aromatic heterocycles. The summed E-state index contributed by atoms with van der Waals surface area (Å²) in [7, 11) is 1.64. The third kappa shape index (κ3) is 2.89. The number of Topliss-reactive ketones (excluding diaryl/α,β-unsaturated/α-hetero) is 1. The van der Waals surface area contributed by atoms with Gasteiger partial charge in [-0.05, 0) is 37.7 Å². The van der Waals surface area contributed by atoms with Crippen LogP contribution in [0.15, 0.2) is 12.3 Å². The molecular formula is C15H22N2O2.